The number of ether oxygens (including phenoxy) is 1. The Kier molecular flexibility index (Phi) is 6.38. The van der Waals surface area contributed by atoms with Crippen LogP contribution in [0, 0.1) is 11.8 Å². The van der Waals surface area contributed by atoms with Gasteiger partial charge >= 0.3 is 5.97 Å². The van der Waals surface area contributed by atoms with Crippen molar-refractivity contribution in [1.29, 1.82) is 0 Å². The van der Waals surface area contributed by atoms with E-state index in [0.717, 1.165) is 11.3 Å². The van der Waals surface area contributed by atoms with Crippen molar-refractivity contribution >= 4 is 17.8 Å². The molecule has 2 amide bonds. The fraction of sp³-hybridized carbons (Fsp3) is 0.500. The smallest absolute Gasteiger partial charge is 0.308 e. The molecule has 1 fully saturated rings. The Morgan fingerprint density at radius 3 is 2.56 bits per heavy atom. The Bertz CT molecular complexity index is 629. The van der Waals surface area contributed by atoms with Crippen LogP contribution in [0.25, 0.3) is 0 Å². The molecule has 1 aliphatic heterocycles. The van der Waals surface area contributed by atoms with Crippen molar-refractivity contribution in [2.75, 3.05) is 26.7 Å². The average molecular weight is 348 g/mol. The Balaban J connectivity index is 1.89. The van der Waals surface area contributed by atoms with Crippen LogP contribution in [0.2, 0.25) is 0 Å². The van der Waals surface area contributed by atoms with Gasteiger partial charge in [0.25, 0.3) is 0 Å². The number of rotatable bonds is 8. The van der Waals surface area contributed by atoms with Crippen LogP contribution in [0.15, 0.2) is 24.3 Å². The standard InChI is InChI=1S/C18H24N2O5/c1-3-25-15-6-4-12(5-7-15)8-13(18(23)24)10-19-17(22)14-9-16(21)20(2)11-14/h4-7,13-14H,3,8-11H2,1-2H3,(H,19,22)(H,23,24). The molecule has 1 aromatic carbocycles. The number of hydrogen-bond donors (Lipinski definition) is 2. The van der Waals surface area contributed by atoms with Crippen molar-refractivity contribution in [3.8, 4) is 5.75 Å². The summed E-state index contributed by atoms with van der Waals surface area (Å²) >= 11 is 0. The van der Waals surface area contributed by atoms with E-state index in [2.05, 4.69) is 5.32 Å². The van der Waals surface area contributed by atoms with Crippen molar-refractivity contribution < 1.29 is 24.2 Å². The molecule has 2 unspecified atom stereocenters. The predicted molar refractivity (Wildman–Crippen MR) is 91.2 cm³/mol. The lowest BCUT2D eigenvalue weighted by atomic mass is 9.98. The van der Waals surface area contributed by atoms with Crippen LogP contribution in [0.1, 0.15) is 18.9 Å². The van der Waals surface area contributed by atoms with E-state index in [9.17, 15) is 19.5 Å². The molecule has 1 aliphatic rings. The van der Waals surface area contributed by atoms with Gasteiger partial charge in [0.2, 0.25) is 11.8 Å². The monoisotopic (exact) mass is 348 g/mol. The first-order chi connectivity index (χ1) is 11.9. The molecule has 2 N–H and O–H groups in total. The molecule has 136 valence electrons. The summed E-state index contributed by atoms with van der Waals surface area (Å²) in [5.74, 6) is -1.69. The molecule has 1 aromatic rings. The number of nitrogens with zero attached hydrogens (tertiary/aromatic N) is 1. The van der Waals surface area contributed by atoms with Gasteiger partial charge in [0, 0.05) is 26.6 Å². The van der Waals surface area contributed by atoms with Crippen LogP contribution in [-0.4, -0.2) is 54.5 Å². The number of nitrogens with one attached hydrogen (secondary N) is 1. The molecule has 0 radical (unpaired) electrons. The minimum absolute atomic E-state index is 0.0375. The topological polar surface area (TPSA) is 95.9 Å². The zero-order chi connectivity index (χ0) is 18.4. The van der Waals surface area contributed by atoms with Gasteiger partial charge in [-0.3, -0.25) is 14.4 Å². The summed E-state index contributed by atoms with van der Waals surface area (Å²) in [5, 5.41) is 12.1. The molecule has 25 heavy (non-hydrogen) atoms. The average Bonchev–Trinajstić information content (AvgIpc) is 2.92. The van der Waals surface area contributed by atoms with E-state index in [1.165, 1.54) is 4.90 Å². The summed E-state index contributed by atoms with van der Waals surface area (Å²) in [6, 6.07) is 7.26. The molecule has 7 nitrogen and oxygen atoms in total. The van der Waals surface area contributed by atoms with Gasteiger partial charge in [0.15, 0.2) is 0 Å². The molecule has 0 spiro atoms. The van der Waals surface area contributed by atoms with E-state index < -0.39 is 17.8 Å². The number of carbonyl (C=O) groups excluding carboxylic acids is 2. The Hall–Kier alpha value is -2.57. The van der Waals surface area contributed by atoms with Gasteiger partial charge in [0.05, 0.1) is 18.4 Å². The summed E-state index contributed by atoms with van der Waals surface area (Å²) in [4.78, 5) is 36.6. The SMILES string of the molecule is CCOc1ccc(CC(CNC(=O)C2CC(=O)N(C)C2)C(=O)O)cc1. The zero-order valence-corrected chi connectivity index (χ0v) is 14.5. The maximum Gasteiger partial charge on any atom is 0.308 e. The largest absolute Gasteiger partial charge is 0.494 e. The van der Waals surface area contributed by atoms with Crippen LogP contribution in [-0.2, 0) is 20.8 Å². The molecular weight excluding hydrogens is 324 g/mol. The molecule has 2 rings (SSSR count). The van der Waals surface area contributed by atoms with Gasteiger partial charge in [0.1, 0.15) is 5.75 Å². The van der Waals surface area contributed by atoms with Gasteiger partial charge in [-0.2, -0.15) is 0 Å². The Labute approximate surface area is 147 Å². The van der Waals surface area contributed by atoms with Crippen molar-refractivity contribution in [2.45, 2.75) is 19.8 Å². The third-order valence-electron chi connectivity index (χ3n) is 4.30. The first kappa shape index (κ1) is 18.8. The highest BCUT2D eigenvalue weighted by atomic mass is 16.5. The molecule has 0 aromatic heterocycles. The molecule has 0 saturated carbocycles. The van der Waals surface area contributed by atoms with E-state index in [0.29, 0.717) is 19.6 Å². The quantitative estimate of drug-likeness (QED) is 0.728. The van der Waals surface area contributed by atoms with Crippen LogP contribution >= 0.6 is 0 Å². The summed E-state index contributed by atoms with van der Waals surface area (Å²) in [7, 11) is 1.65. The second kappa shape index (κ2) is 8.50. The van der Waals surface area contributed by atoms with Crippen LogP contribution in [0.5, 0.6) is 5.75 Å². The van der Waals surface area contributed by atoms with Gasteiger partial charge < -0.3 is 20.1 Å². The van der Waals surface area contributed by atoms with Gasteiger partial charge in [-0.25, -0.2) is 0 Å². The maximum atomic E-state index is 12.1. The second-order valence-corrected chi connectivity index (χ2v) is 6.24. The second-order valence-electron chi connectivity index (χ2n) is 6.24. The predicted octanol–water partition coefficient (Wildman–Crippen LogP) is 0.923. The minimum atomic E-state index is -0.964. The fourth-order valence-corrected chi connectivity index (χ4v) is 2.83. The molecule has 1 heterocycles. The Morgan fingerprint density at radius 2 is 2.04 bits per heavy atom. The number of hydrogen-bond acceptors (Lipinski definition) is 4. The summed E-state index contributed by atoms with van der Waals surface area (Å²) < 4.78 is 5.36. The number of benzene rings is 1. The summed E-state index contributed by atoms with van der Waals surface area (Å²) in [6.45, 7) is 2.88. The lowest BCUT2D eigenvalue weighted by Gasteiger charge is -2.16. The zero-order valence-electron chi connectivity index (χ0n) is 14.5. The number of amides is 2. The van der Waals surface area contributed by atoms with Crippen LogP contribution in [0.3, 0.4) is 0 Å². The molecule has 0 bridgehead atoms. The number of carbonyl (C=O) groups is 3. The highest BCUT2D eigenvalue weighted by Crippen LogP contribution is 2.17. The molecule has 0 aliphatic carbocycles. The first-order valence-electron chi connectivity index (χ1n) is 8.37. The molecule has 1 saturated heterocycles. The van der Waals surface area contributed by atoms with Crippen molar-refractivity contribution in [2.24, 2.45) is 11.8 Å². The van der Waals surface area contributed by atoms with E-state index in [4.69, 9.17) is 4.74 Å². The molecule has 7 heteroatoms. The summed E-state index contributed by atoms with van der Waals surface area (Å²) in [5.41, 5.74) is 0.862. The lowest BCUT2D eigenvalue weighted by Crippen LogP contribution is -2.38. The van der Waals surface area contributed by atoms with Crippen LogP contribution < -0.4 is 10.1 Å². The normalized spacial score (nSPS) is 18.1. The van der Waals surface area contributed by atoms with Gasteiger partial charge in [-0.1, -0.05) is 12.1 Å². The molecule has 2 atom stereocenters. The van der Waals surface area contributed by atoms with E-state index >= 15 is 0 Å². The van der Waals surface area contributed by atoms with E-state index in [1.54, 1.807) is 19.2 Å². The van der Waals surface area contributed by atoms with Gasteiger partial charge in [-0.15, -0.1) is 0 Å². The fourth-order valence-electron chi connectivity index (χ4n) is 2.83. The number of carboxylic acid groups (broad SMARTS) is 1. The Morgan fingerprint density at radius 1 is 1.36 bits per heavy atom. The number of likely N-dealkylation sites (tertiary alicyclic amines) is 1. The van der Waals surface area contributed by atoms with Crippen molar-refractivity contribution in [3.63, 3.8) is 0 Å². The highest BCUT2D eigenvalue weighted by Gasteiger charge is 2.32. The lowest BCUT2D eigenvalue weighted by molar-refractivity contribution is -0.141. The third kappa shape index (κ3) is 5.20. The first-order valence-corrected chi connectivity index (χ1v) is 8.37. The van der Waals surface area contributed by atoms with Crippen molar-refractivity contribution in [1.82, 2.24) is 10.2 Å². The van der Waals surface area contributed by atoms with Crippen LogP contribution in [0.4, 0.5) is 0 Å². The van der Waals surface area contributed by atoms with Gasteiger partial charge in [-0.05, 0) is 31.0 Å². The number of carboxylic acids is 1. The highest BCUT2D eigenvalue weighted by molar-refractivity contribution is 5.89. The number of aliphatic carboxylic acids is 1. The summed E-state index contributed by atoms with van der Waals surface area (Å²) in [6.07, 6.45) is 0.491. The third-order valence-corrected chi connectivity index (χ3v) is 4.30. The van der Waals surface area contributed by atoms with Crippen molar-refractivity contribution in [3.05, 3.63) is 29.8 Å². The van der Waals surface area contributed by atoms with E-state index in [1.807, 2.05) is 19.1 Å². The van der Waals surface area contributed by atoms with E-state index in [-0.39, 0.29) is 24.8 Å². The molecular formula is C18H24N2O5. The maximum absolute atomic E-state index is 12.1. The minimum Gasteiger partial charge on any atom is -0.494 e.